The quantitative estimate of drug-likeness (QED) is 0.158. The van der Waals surface area contributed by atoms with Crippen molar-refractivity contribution in [2.75, 3.05) is 36.9 Å². The summed E-state index contributed by atoms with van der Waals surface area (Å²) in [5, 5.41) is 4.51. The van der Waals surface area contributed by atoms with E-state index in [0.29, 0.717) is 12.1 Å². The predicted octanol–water partition coefficient (Wildman–Crippen LogP) is 5.41. The highest BCUT2D eigenvalue weighted by Crippen LogP contribution is 2.32. The van der Waals surface area contributed by atoms with E-state index in [1.54, 1.807) is 0 Å². The van der Waals surface area contributed by atoms with Gasteiger partial charge >= 0.3 is 12.4 Å². The number of hydrogen-bond acceptors (Lipinski definition) is 5. The molecule has 0 spiro atoms. The molecule has 1 saturated heterocycles. The molecule has 2 amide bonds. The Kier molecular flexibility index (Phi) is 9.27. The third-order valence-electron chi connectivity index (χ3n) is 6.16. The first-order valence-corrected chi connectivity index (χ1v) is 14.0. The lowest BCUT2D eigenvalue weighted by Gasteiger charge is -2.26. The van der Waals surface area contributed by atoms with Crippen molar-refractivity contribution in [3.63, 3.8) is 0 Å². The SMILES string of the molecule is O=C(Nc1cccc(C(F)(F)F)c1)/C(=C/c1cccc(C(F)(F)F)c1)C(=O)Nc1cccc(S(=O)(=O)N2CCOCC2)c1. The van der Waals surface area contributed by atoms with Gasteiger partial charge in [0.2, 0.25) is 10.0 Å². The van der Waals surface area contributed by atoms with Crippen LogP contribution in [0.4, 0.5) is 37.7 Å². The van der Waals surface area contributed by atoms with E-state index >= 15 is 0 Å². The summed E-state index contributed by atoms with van der Waals surface area (Å²) >= 11 is 0. The fourth-order valence-electron chi connectivity index (χ4n) is 4.05. The number of morpholine rings is 1. The lowest BCUT2D eigenvalue weighted by Crippen LogP contribution is -2.40. The topological polar surface area (TPSA) is 105 Å². The van der Waals surface area contributed by atoms with Crippen molar-refractivity contribution in [2.24, 2.45) is 0 Å². The zero-order chi connectivity index (χ0) is 31.4. The average molecular weight is 628 g/mol. The molecule has 0 saturated carbocycles. The van der Waals surface area contributed by atoms with E-state index in [0.717, 1.165) is 42.5 Å². The molecule has 0 unspecified atom stereocenters. The molecular weight excluding hydrogens is 604 g/mol. The molecule has 43 heavy (non-hydrogen) atoms. The first-order chi connectivity index (χ1) is 20.1. The molecule has 2 N–H and O–H groups in total. The zero-order valence-electron chi connectivity index (χ0n) is 22.0. The van der Waals surface area contributed by atoms with Crippen molar-refractivity contribution in [2.45, 2.75) is 17.2 Å². The summed E-state index contributed by atoms with van der Waals surface area (Å²) in [5.74, 6) is -2.39. The van der Waals surface area contributed by atoms with Crippen LogP contribution in [0.25, 0.3) is 6.08 Å². The van der Waals surface area contributed by atoms with Gasteiger partial charge in [0, 0.05) is 24.5 Å². The van der Waals surface area contributed by atoms with Gasteiger partial charge in [0.25, 0.3) is 11.8 Å². The molecule has 1 heterocycles. The molecule has 3 aromatic rings. The van der Waals surface area contributed by atoms with Crippen LogP contribution in [0.3, 0.4) is 0 Å². The number of amides is 2. The number of anilines is 2. The van der Waals surface area contributed by atoms with Crippen LogP contribution in [0, 0.1) is 0 Å². The normalized spacial score (nSPS) is 15.2. The average Bonchev–Trinajstić information content (AvgIpc) is 2.96. The number of nitrogens with one attached hydrogen (secondary N) is 2. The molecule has 4 rings (SSSR count). The van der Waals surface area contributed by atoms with E-state index < -0.39 is 50.9 Å². The Morgan fingerprint density at radius 1 is 0.744 bits per heavy atom. The van der Waals surface area contributed by atoms with Crippen LogP contribution in [0.1, 0.15) is 16.7 Å². The van der Waals surface area contributed by atoms with Gasteiger partial charge in [0.05, 0.1) is 29.2 Å². The number of nitrogens with zero attached hydrogens (tertiary/aromatic N) is 1. The van der Waals surface area contributed by atoms with Gasteiger partial charge in [-0.2, -0.15) is 30.6 Å². The number of rotatable bonds is 7. The summed E-state index contributed by atoms with van der Waals surface area (Å²) in [5.41, 5.74) is -3.53. The molecule has 1 fully saturated rings. The van der Waals surface area contributed by atoms with E-state index in [1.165, 1.54) is 28.6 Å². The lowest BCUT2D eigenvalue weighted by molar-refractivity contribution is -0.138. The van der Waals surface area contributed by atoms with Crippen molar-refractivity contribution < 1.29 is 49.1 Å². The van der Waals surface area contributed by atoms with E-state index in [-0.39, 0.29) is 48.1 Å². The maximum absolute atomic E-state index is 13.3. The lowest BCUT2D eigenvalue weighted by atomic mass is 10.1. The summed E-state index contributed by atoms with van der Waals surface area (Å²) in [6, 6.07) is 12.3. The molecule has 0 aliphatic carbocycles. The molecule has 0 aromatic heterocycles. The van der Waals surface area contributed by atoms with Gasteiger partial charge < -0.3 is 15.4 Å². The molecule has 1 aliphatic heterocycles. The van der Waals surface area contributed by atoms with Crippen molar-refractivity contribution in [3.8, 4) is 0 Å². The van der Waals surface area contributed by atoms with Gasteiger partial charge in [-0.25, -0.2) is 8.42 Å². The number of carbonyl (C=O) groups excluding carboxylic acids is 2. The molecular formula is C28H23F6N3O5S. The highest BCUT2D eigenvalue weighted by atomic mass is 32.2. The van der Waals surface area contributed by atoms with Crippen LogP contribution >= 0.6 is 0 Å². The van der Waals surface area contributed by atoms with Crippen molar-refractivity contribution in [1.29, 1.82) is 0 Å². The number of alkyl halides is 6. The maximum Gasteiger partial charge on any atom is 0.416 e. The van der Waals surface area contributed by atoms with Gasteiger partial charge in [-0.3, -0.25) is 9.59 Å². The van der Waals surface area contributed by atoms with Crippen molar-refractivity contribution in [3.05, 3.63) is 95.1 Å². The number of hydrogen-bond donors (Lipinski definition) is 2. The number of ether oxygens (including phenoxy) is 1. The number of sulfonamides is 1. The van der Waals surface area contributed by atoms with Crippen LogP contribution in [0.15, 0.2) is 83.3 Å². The second-order valence-corrected chi connectivity index (χ2v) is 11.2. The first kappa shape index (κ1) is 31.7. The molecule has 3 aromatic carbocycles. The number of carbonyl (C=O) groups is 2. The van der Waals surface area contributed by atoms with Crippen LogP contribution < -0.4 is 10.6 Å². The van der Waals surface area contributed by atoms with Gasteiger partial charge in [-0.05, 0) is 60.2 Å². The zero-order valence-corrected chi connectivity index (χ0v) is 22.8. The summed E-state index contributed by atoms with van der Waals surface area (Å²) < 4.78 is 112. The van der Waals surface area contributed by atoms with Crippen LogP contribution in [-0.4, -0.2) is 50.8 Å². The monoisotopic (exact) mass is 627 g/mol. The van der Waals surface area contributed by atoms with E-state index in [1.807, 2.05) is 0 Å². The van der Waals surface area contributed by atoms with Crippen molar-refractivity contribution in [1.82, 2.24) is 4.31 Å². The summed E-state index contributed by atoms with van der Waals surface area (Å²) in [6.45, 7) is 0.609. The Balaban J connectivity index is 1.67. The minimum Gasteiger partial charge on any atom is -0.379 e. The second-order valence-electron chi connectivity index (χ2n) is 9.21. The van der Waals surface area contributed by atoms with Gasteiger partial charge in [0.1, 0.15) is 5.57 Å². The fraction of sp³-hybridized carbons (Fsp3) is 0.214. The number of benzene rings is 3. The molecule has 0 bridgehead atoms. The van der Waals surface area contributed by atoms with E-state index in [2.05, 4.69) is 10.6 Å². The molecule has 228 valence electrons. The first-order valence-electron chi connectivity index (χ1n) is 12.5. The second kappa shape index (κ2) is 12.6. The third-order valence-corrected chi connectivity index (χ3v) is 8.06. The highest BCUT2D eigenvalue weighted by Gasteiger charge is 2.32. The molecule has 0 radical (unpaired) electrons. The largest absolute Gasteiger partial charge is 0.416 e. The Morgan fingerprint density at radius 2 is 1.26 bits per heavy atom. The predicted molar refractivity (Wildman–Crippen MR) is 144 cm³/mol. The molecule has 0 atom stereocenters. The Bertz CT molecular complexity index is 1650. The minimum atomic E-state index is -4.74. The smallest absolute Gasteiger partial charge is 0.379 e. The van der Waals surface area contributed by atoms with Gasteiger partial charge in [-0.1, -0.05) is 24.3 Å². The van der Waals surface area contributed by atoms with E-state index in [4.69, 9.17) is 4.74 Å². The van der Waals surface area contributed by atoms with Gasteiger partial charge in [0.15, 0.2) is 0 Å². The highest BCUT2D eigenvalue weighted by molar-refractivity contribution is 7.89. The molecule has 8 nitrogen and oxygen atoms in total. The standard InChI is InChI=1S/C28H23F6N3O5S/c29-27(30,31)19-5-1-4-18(14-19)15-24(25(38)35-21-7-2-6-20(16-21)28(32,33)34)26(39)36-22-8-3-9-23(17-22)43(40,41)37-10-12-42-13-11-37/h1-9,14-17H,10-13H2,(H,35,38)(H,36,39)/b24-15-. The third kappa shape index (κ3) is 8.00. The molecule has 1 aliphatic rings. The summed E-state index contributed by atoms with van der Waals surface area (Å²) in [4.78, 5) is 26.3. The Morgan fingerprint density at radius 3 is 1.84 bits per heavy atom. The molecule has 15 heteroatoms. The van der Waals surface area contributed by atoms with Crippen molar-refractivity contribution >= 4 is 39.3 Å². The number of halogens is 6. The minimum absolute atomic E-state index is 0.0684. The van der Waals surface area contributed by atoms with Crippen LogP contribution in [-0.2, 0) is 36.7 Å². The Labute approximate surface area is 242 Å². The summed E-state index contributed by atoms with van der Waals surface area (Å²) in [7, 11) is -3.97. The van der Waals surface area contributed by atoms with Crippen LogP contribution in [0.2, 0.25) is 0 Å². The van der Waals surface area contributed by atoms with E-state index in [9.17, 15) is 44.3 Å². The summed E-state index contributed by atoms with van der Waals surface area (Å²) in [6.07, 6.45) is -8.64. The van der Waals surface area contributed by atoms with Gasteiger partial charge in [-0.15, -0.1) is 0 Å². The fourth-order valence-corrected chi connectivity index (χ4v) is 5.50. The maximum atomic E-state index is 13.3. The van der Waals surface area contributed by atoms with Crippen LogP contribution in [0.5, 0.6) is 0 Å². The Hall–Kier alpha value is -4.21.